The molecule has 1 fully saturated rings. The lowest BCUT2D eigenvalue weighted by Crippen LogP contribution is -2.54. The normalized spacial score (nSPS) is 15.0. The number of phenolic OH excluding ortho intramolecular Hbond substituents is 1. The van der Waals surface area contributed by atoms with E-state index < -0.39 is 23.7 Å². The number of amides is 4. The van der Waals surface area contributed by atoms with Crippen molar-refractivity contribution < 1.29 is 28.6 Å². The van der Waals surface area contributed by atoms with Crippen LogP contribution in [-0.4, -0.2) is 23.0 Å². The number of phenols is 1. The molecule has 1 saturated heterocycles. The van der Waals surface area contributed by atoms with Crippen LogP contribution in [0, 0.1) is 5.82 Å². The van der Waals surface area contributed by atoms with Gasteiger partial charge in [0.15, 0.2) is 0 Å². The first-order valence-electron chi connectivity index (χ1n) is 9.70. The van der Waals surface area contributed by atoms with Gasteiger partial charge in [0, 0.05) is 15.6 Å². The molecule has 3 aromatic carbocycles. The lowest BCUT2D eigenvalue weighted by molar-refractivity contribution is -0.122. The molecule has 0 unspecified atom stereocenters. The Hall–Kier alpha value is -3.98. The van der Waals surface area contributed by atoms with Crippen molar-refractivity contribution in [2.24, 2.45) is 0 Å². The molecule has 0 radical (unpaired) electrons. The van der Waals surface area contributed by atoms with Crippen LogP contribution in [0.5, 0.6) is 11.5 Å². The van der Waals surface area contributed by atoms with Gasteiger partial charge in [-0.3, -0.25) is 14.9 Å². The van der Waals surface area contributed by atoms with Gasteiger partial charge >= 0.3 is 6.03 Å². The molecule has 9 heteroatoms. The highest BCUT2D eigenvalue weighted by molar-refractivity contribution is 9.10. The van der Waals surface area contributed by atoms with Gasteiger partial charge in [-0.2, -0.15) is 0 Å². The molecule has 0 spiro atoms. The predicted octanol–water partition coefficient (Wildman–Crippen LogP) is 4.54. The number of carbonyl (C=O) groups excluding carboxylic acids is 3. The minimum Gasteiger partial charge on any atom is -0.508 e. The number of rotatable bonds is 5. The molecule has 33 heavy (non-hydrogen) atoms. The number of nitrogens with one attached hydrogen (secondary N) is 1. The Morgan fingerprint density at radius 1 is 1.03 bits per heavy atom. The quantitative estimate of drug-likeness (QED) is 0.388. The molecular weight excluding hydrogens is 495 g/mol. The molecule has 0 aromatic heterocycles. The number of ether oxygens (including phenoxy) is 1. The van der Waals surface area contributed by atoms with E-state index in [2.05, 4.69) is 21.2 Å². The van der Waals surface area contributed by atoms with Gasteiger partial charge < -0.3 is 9.84 Å². The lowest BCUT2D eigenvalue weighted by Gasteiger charge is -2.26. The third-order valence-corrected chi connectivity index (χ3v) is 5.32. The third kappa shape index (κ3) is 4.78. The monoisotopic (exact) mass is 510 g/mol. The van der Waals surface area contributed by atoms with Crippen LogP contribution in [0.2, 0.25) is 0 Å². The number of halogens is 2. The fourth-order valence-electron chi connectivity index (χ4n) is 3.18. The Morgan fingerprint density at radius 3 is 2.48 bits per heavy atom. The smallest absolute Gasteiger partial charge is 0.335 e. The van der Waals surface area contributed by atoms with Crippen molar-refractivity contribution >= 4 is 45.5 Å². The summed E-state index contributed by atoms with van der Waals surface area (Å²) in [6.45, 7) is -0.0667. The van der Waals surface area contributed by atoms with E-state index in [9.17, 15) is 23.9 Å². The number of carbonyl (C=O) groups is 3. The van der Waals surface area contributed by atoms with Crippen LogP contribution in [0.25, 0.3) is 6.08 Å². The molecule has 4 rings (SSSR count). The van der Waals surface area contributed by atoms with E-state index in [0.29, 0.717) is 21.3 Å². The zero-order chi connectivity index (χ0) is 23.5. The van der Waals surface area contributed by atoms with Gasteiger partial charge in [0.1, 0.15) is 29.5 Å². The van der Waals surface area contributed by atoms with Crippen molar-refractivity contribution in [1.29, 1.82) is 0 Å². The second kappa shape index (κ2) is 9.25. The highest BCUT2D eigenvalue weighted by Gasteiger charge is 2.37. The number of imide groups is 2. The first-order chi connectivity index (χ1) is 15.8. The Balaban J connectivity index is 1.68. The summed E-state index contributed by atoms with van der Waals surface area (Å²) in [7, 11) is 0. The molecule has 2 N–H and O–H groups in total. The van der Waals surface area contributed by atoms with E-state index in [4.69, 9.17) is 4.74 Å². The van der Waals surface area contributed by atoms with E-state index in [0.717, 1.165) is 4.90 Å². The zero-order valence-electron chi connectivity index (χ0n) is 16.9. The van der Waals surface area contributed by atoms with Gasteiger partial charge in [0.25, 0.3) is 11.8 Å². The van der Waals surface area contributed by atoms with Crippen molar-refractivity contribution in [2.45, 2.75) is 6.61 Å². The summed E-state index contributed by atoms with van der Waals surface area (Å²) >= 11 is 3.35. The highest BCUT2D eigenvalue weighted by atomic mass is 79.9. The van der Waals surface area contributed by atoms with Gasteiger partial charge in [-0.15, -0.1) is 0 Å². The van der Waals surface area contributed by atoms with Gasteiger partial charge in [-0.05, 0) is 54.6 Å². The highest BCUT2D eigenvalue weighted by Crippen LogP contribution is 2.29. The molecule has 3 aromatic rings. The molecule has 0 saturated carbocycles. The molecule has 1 heterocycles. The summed E-state index contributed by atoms with van der Waals surface area (Å²) in [4.78, 5) is 38.7. The maximum atomic E-state index is 13.9. The van der Waals surface area contributed by atoms with Crippen molar-refractivity contribution in [3.63, 3.8) is 0 Å². The van der Waals surface area contributed by atoms with E-state index in [1.807, 2.05) is 0 Å². The Morgan fingerprint density at radius 2 is 1.76 bits per heavy atom. The second-order valence-corrected chi connectivity index (χ2v) is 7.95. The van der Waals surface area contributed by atoms with Crippen LogP contribution in [0.3, 0.4) is 0 Å². The molecule has 0 bridgehead atoms. The molecule has 166 valence electrons. The number of aromatic hydroxyl groups is 1. The number of nitrogens with zero attached hydrogens (tertiary/aromatic N) is 1. The number of barbiturate groups is 1. The zero-order valence-corrected chi connectivity index (χ0v) is 18.5. The maximum absolute atomic E-state index is 13.9. The summed E-state index contributed by atoms with van der Waals surface area (Å²) in [5, 5.41) is 11.6. The summed E-state index contributed by atoms with van der Waals surface area (Å²) in [6, 6.07) is 15.6. The number of benzene rings is 3. The minimum absolute atomic E-state index is 0.0405. The SMILES string of the molecule is O=C1NC(=O)N(c2ccc(O)cc2)C(=O)/C1=C/c1cc(Br)ccc1OCc1ccccc1F. The minimum atomic E-state index is -0.905. The summed E-state index contributed by atoms with van der Waals surface area (Å²) in [5.41, 5.74) is 0.601. The largest absolute Gasteiger partial charge is 0.508 e. The molecule has 0 atom stereocenters. The number of anilines is 1. The van der Waals surface area contributed by atoms with Crippen molar-refractivity contribution in [3.8, 4) is 11.5 Å². The van der Waals surface area contributed by atoms with Crippen LogP contribution < -0.4 is 15.0 Å². The predicted molar refractivity (Wildman–Crippen MR) is 122 cm³/mol. The first-order valence-corrected chi connectivity index (χ1v) is 10.5. The van der Waals surface area contributed by atoms with Crippen LogP contribution >= 0.6 is 15.9 Å². The Kier molecular flexibility index (Phi) is 6.23. The van der Waals surface area contributed by atoms with Crippen molar-refractivity contribution in [3.05, 3.63) is 93.7 Å². The van der Waals surface area contributed by atoms with Gasteiger partial charge in [0.05, 0.1) is 5.69 Å². The molecule has 7 nitrogen and oxygen atoms in total. The first kappa shape index (κ1) is 22.2. The van der Waals surface area contributed by atoms with E-state index >= 15 is 0 Å². The number of hydrogen-bond donors (Lipinski definition) is 2. The molecule has 0 aliphatic carbocycles. The van der Waals surface area contributed by atoms with Gasteiger partial charge in [-0.1, -0.05) is 34.1 Å². The Bertz CT molecular complexity index is 1290. The molecule has 4 amide bonds. The summed E-state index contributed by atoms with van der Waals surface area (Å²) in [5.74, 6) is -1.85. The van der Waals surface area contributed by atoms with Gasteiger partial charge in [-0.25, -0.2) is 14.1 Å². The average molecular weight is 511 g/mol. The maximum Gasteiger partial charge on any atom is 0.335 e. The van der Waals surface area contributed by atoms with Crippen LogP contribution in [-0.2, 0) is 16.2 Å². The summed E-state index contributed by atoms with van der Waals surface area (Å²) < 4.78 is 20.4. The van der Waals surface area contributed by atoms with Crippen molar-refractivity contribution in [2.75, 3.05) is 4.90 Å². The van der Waals surface area contributed by atoms with E-state index in [1.54, 1.807) is 36.4 Å². The van der Waals surface area contributed by atoms with Crippen LogP contribution in [0.1, 0.15) is 11.1 Å². The third-order valence-electron chi connectivity index (χ3n) is 4.82. The Labute approximate surface area is 196 Å². The topological polar surface area (TPSA) is 95.9 Å². The number of hydrogen-bond acceptors (Lipinski definition) is 5. The second-order valence-electron chi connectivity index (χ2n) is 7.04. The van der Waals surface area contributed by atoms with Crippen LogP contribution in [0.15, 0.2) is 76.8 Å². The lowest BCUT2D eigenvalue weighted by atomic mass is 10.1. The van der Waals surface area contributed by atoms with E-state index in [-0.39, 0.29) is 23.6 Å². The molecule has 1 aliphatic heterocycles. The molecule has 1 aliphatic rings. The fourth-order valence-corrected chi connectivity index (χ4v) is 3.56. The summed E-state index contributed by atoms with van der Waals surface area (Å²) in [6.07, 6.45) is 1.30. The number of urea groups is 1. The van der Waals surface area contributed by atoms with Crippen LogP contribution in [0.4, 0.5) is 14.9 Å². The standard InChI is InChI=1S/C24H16BrFN2O5/c25-16-5-10-21(33-13-14-3-1-2-4-20(14)26)15(11-16)12-19-22(30)27-24(32)28(23(19)31)17-6-8-18(29)9-7-17/h1-12,29H,13H2,(H,27,30,32)/b19-12+. The van der Waals surface area contributed by atoms with E-state index in [1.165, 1.54) is 36.4 Å². The fraction of sp³-hybridized carbons (Fsp3) is 0.0417. The van der Waals surface area contributed by atoms with Crippen molar-refractivity contribution in [1.82, 2.24) is 5.32 Å². The van der Waals surface area contributed by atoms with Gasteiger partial charge in [0.2, 0.25) is 0 Å². The average Bonchev–Trinajstić information content (AvgIpc) is 2.78. The molecular formula is C24H16BrFN2O5.